The van der Waals surface area contributed by atoms with Gasteiger partial charge in [-0.2, -0.15) is 0 Å². The Labute approximate surface area is 169 Å². The van der Waals surface area contributed by atoms with Crippen LogP contribution in [0.15, 0.2) is 54.7 Å². The van der Waals surface area contributed by atoms with Crippen LogP contribution in [0.5, 0.6) is 0 Å². The Hall–Kier alpha value is -2.69. The van der Waals surface area contributed by atoms with E-state index < -0.39 is 0 Å². The van der Waals surface area contributed by atoms with Crippen molar-refractivity contribution in [2.45, 2.75) is 26.4 Å². The number of aromatic nitrogens is 3. The van der Waals surface area contributed by atoms with Gasteiger partial charge in [0.15, 0.2) is 5.82 Å². The summed E-state index contributed by atoms with van der Waals surface area (Å²) in [6.07, 6.45) is 2.97. The van der Waals surface area contributed by atoms with E-state index >= 15 is 0 Å². The van der Waals surface area contributed by atoms with Crippen LogP contribution in [-0.4, -0.2) is 26.4 Å². The van der Waals surface area contributed by atoms with E-state index in [4.69, 9.17) is 16.6 Å². The average molecular weight is 389 g/mol. The Balaban J connectivity index is 1.42. The monoisotopic (exact) mass is 388 g/mol. The standard InChI is InChI=1S/C23H21ClN4/c1-15-20(19-4-2-3-5-21(19)26-15)13-28-11-10-17-12-25-23(27-22(17)14-28)16-6-8-18(24)9-7-16/h2-9,12,26H,10-11,13-14H2,1H3. The van der Waals surface area contributed by atoms with Gasteiger partial charge < -0.3 is 4.98 Å². The number of para-hydroxylation sites is 1. The van der Waals surface area contributed by atoms with Gasteiger partial charge in [0, 0.05) is 53.0 Å². The molecule has 0 amide bonds. The zero-order valence-electron chi connectivity index (χ0n) is 15.7. The van der Waals surface area contributed by atoms with Gasteiger partial charge in [0.25, 0.3) is 0 Å². The molecule has 28 heavy (non-hydrogen) atoms. The fraction of sp³-hybridized carbons (Fsp3) is 0.217. The van der Waals surface area contributed by atoms with Crippen LogP contribution in [0.25, 0.3) is 22.3 Å². The number of aromatic amines is 1. The summed E-state index contributed by atoms with van der Waals surface area (Å²) in [5, 5.41) is 2.04. The average Bonchev–Trinajstić information content (AvgIpc) is 3.03. The van der Waals surface area contributed by atoms with Crippen LogP contribution in [0.2, 0.25) is 5.02 Å². The molecule has 0 spiro atoms. The first-order valence-electron chi connectivity index (χ1n) is 9.56. The molecular formula is C23H21ClN4. The Morgan fingerprint density at radius 2 is 1.93 bits per heavy atom. The number of fused-ring (bicyclic) bond motifs is 2. The highest BCUT2D eigenvalue weighted by atomic mass is 35.5. The van der Waals surface area contributed by atoms with Gasteiger partial charge in [-0.05, 0) is 54.8 Å². The van der Waals surface area contributed by atoms with Crippen LogP contribution < -0.4 is 0 Å². The number of rotatable bonds is 3. The number of halogens is 1. The van der Waals surface area contributed by atoms with Gasteiger partial charge >= 0.3 is 0 Å². The van der Waals surface area contributed by atoms with E-state index in [2.05, 4.69) is 46.1 Å². The summed E-state index contributed by atoms with van der Waals surface area (Å²) in [5.41, 5.74) is 7.22. The molecule has 2 aromatic carbocycles. The Morgan fingerprint density at radius 1 is 1.11 bits per heavy atom. The third-order valence-electron chi connectivity index (χ3n) is 5.54. The summed E-state index contributed by atoms with van der Waals surface area (Å²) in [4.78, 5) is 15.4. The second-order valence-electron chi connectivity index (χ2n) is 7.41. The Bertz CT molecular complexity index is 1150. The van der Waals surface area contributed by atoms with Crippen LogP contribution in [0, 0.1) is 6.92 Å². The van der Waals surface area contributed by atoms with E-state index in [1.807, 2.05) is 30.5 Å². The van der Waals surface area contributed by atoms with Gasteiger partial charge in [-0.3, -0.25) is 4.90 Å². The van der Waals surface area contributed by atoms with Crippen molar-refractivity contribution in [2.24, 2.45) is 0 Å². The predicted molar refractivity (Wildman–Crippen MR) is 113 cm³/mol. The molecule has 4 nitrogen and oxygen atoms in total. The molecule has 2 aromatic heterocycles. The fourth-order valence-electron chi connectivity index (χ4n) is 3.99. The van der Waals surface area contributed by atoms with Crippen LogP contribution >= 0.6 is 11.6 Å². The molecule has 5 heteroatoms. The minimum Gasteiger partial charge on any atom is -0.358 e. The largest absolute Gasteiger partial charge is 0.358 e. The summed E-state index contributed by atoms with van der Waals surface area (Å²) < 4.78 is 0. The molecule has 1 aliphatic heterocycles. The minimum atomic E-state index is 0.724. The maximum atomic E-state index is 6.01. The topological polar surface area (TPSA) is 44.8 Å². The van der Waals surface area contributed by atoms with E-state index in [-0.39, 0.29) is 0 Å². The van der Waals surface area contributed by atoms with Crippen molar-refractivity contribution in [3.05, 3.63) is 82.3 Å². The van der Waals surface area contributed by atoms with Gasteiger partial charge in [0.2, 0.25) is 0 Å². The van der Waals surface area contributed by atoms with Crippen molar-refractivity contribution in [1.29, 1.82) is 0 Å². The zero-order chi connectivity index (χ0) is 19.1. The molecule has 0 saturated carbocycles. The van der Waals surface area contributed by atoms with Crippen molar-refractivity contribution in [3.8, 4) is 11.4 Å². The Kier molecular flexibility index (Phi) is 4.38. The third kappa shape index (κ3) is 3.19. The highest BCUT2D eigenvalue weighted by Crippen LogP contribution is 2.27. The molecular weight excluding hydrogens is 368 g/mol. The molecule has 5 rings (SSSR count). The number of H-pyrrole nitrogens is 1. The number of nitrogens with zero attached hydrogens (tertiary/aromatic N) is 3. The van der Waals surface area contributed by atoms with Gasteiger partial charge in [-0.25, -0.2) is 9.97 Å². The second kappa shape index (κ2) is 7.04. The molecule has 0 radical (unpaired) electrons. The molecule has 0 bridgehead atoms. The van der Waals surface area contributed by atoms with Gasteiger partial charge in [-0.15, -0.1) is 0 Å². The number of nitrogens with one attached hydrogen (secondary N) is 1. The molecule has 1 N–H and O–H groups in total. The predicted octanol–water partition coefficient (Wildman–Crippen LogP) is 5.15. The molecule has 0 unspecified atom stereocenters. The van der Waals surface area contributed by atoms with E-state index in [1.165, 1.54) is 27.7 Å². The summed E-state index contributed by atoms with van der Waals surface area (Å²) >= 11 is 6.01. The number of aryl methyl sites for hydroxylation is 1. The molecule has 3 heterocycles. The molecule has 0 saturated heterocycles. The van der Waals surface area contributed by atoms with Crippen LogP contribution in [0.1, 0.15) is 22.5 Å². The quantitative estimate of drug-likeness (QED) is 0.528. The number of hydrogen-bond acceptors (Lipinski definition) is 3. The van der Waals surface area contributed by atoms with Crippen LogP contribution in [-0.2, 0) is 19.5 Å². The van der Waals surface area contributed by atoms with Gasteiger partial charge in [0.1, 0.15) is 0 Å². The number of benzene rings is 2. The van der Waals surface area contributed by atoms with Crippen LogP contribution in [0.3, 0.4) is 0 Å². The lowest BCUT2D eigenvalue weighted by Gasteiger charge is -2.28. The van der Waals surface area contributed by atoms with Crippen molar-refractivity contribution in [2.75, 3.05) is 6.54 Å². The summed E-state index contributed by atoms with van der Waals surface area (Å²) in [6.45, 7) is 4.95. The first-order chi connectivity index (χ1) is 13.7. The van der Waals surface area contributed by atoms with E-state index in [9.17, 15) is 0 Å². The lowest BCUT2D eigenvalue weighted by atomic mass is 10.0. The van der Waals surface area contributed by atoms with Crippen molar-refractivity contribution in [3.63, 3.8) is 0 Å². The first kappa shape index (κ1) is 17.4. The normalized spacial score (nSPS) is 14.4. The third-order valence-corrected chi connectivity index (χ3v) is 5.79. The zero-order valence-corrected chi connectivity index (χ0v) is 16.5. The number of hydrogen-bond donors (Lipinski definition) is 1. The molecule has 1 aliphatic rings. The lowest BCUT2D eigenvalue weighted by Crippen LogP contribution is -2.31. The van der Waals surface area contributed by atoms with Crippen molar-refractivity contribution < 1.29 is 0 Å². The van der Waals surface area contributed by atoms with Crippen LogP contribution in [0.4, 0.5) is 0 Å². The SMILES string of the molecule is Cc1[nH]c2ccccc2c1CN1CCc2cnc(-c3ccc(Cl)cc3)nc2C1. The minimum absolute atomic E-state index is 0.724. The Morgan fingerprint density at radius 3 is 2.79 bits per heavy atom. The van der Waals surface area contributed by atoms with Crippen molar-refractivity contribution >= 4 is 22.5 Å². The maximum absolute atomic E-state index is 6.01. The second-order valence-corrected chi connectivity index (χ2v) is 7.84. The molecule has 4 aromatic rings. The first-order valence-corrected chi connectivity index (χ1v) is 9.94. The molecule has 0 aliphatic carbocycles. The smallest absolute Gasteiger partial charge is 0.159 e. The van der Waals surface area contributed by atoms with E-state index in [1.54, 1.807) is 0 Å². The van der Waals surface area contributed by atoms with Gasteiger partial charge in [0.05, 0.1) is 5.69 Å². The van der Waals surface area contributed by atoms with Crippen molar-refractivity contribution in [1.82, 2.24) is 19.9 Å². The highest BCUT2D eigenvalue weighted by molar-refractivity contribution is 6.30. The van der Waals surface area contributed by atoms with E-state index in [0.29, 0.717) is 0 Å². The summed E-state index contributed by atoms with van der Waals surface area (Å²) in [6, 6.07) is 16.2. The summed E-state index contributed by atoms with van der Waals surface area (Å²) in [7, 11) is 0. The fourth-order valence-corrected chi connectivity index (χ4v) is 4.12. The van der Waals surface area contributed by atoms with E-state index in [0.717, 1.165) is 48.2 Å². The molecule has 140 valence electrons. The summed E-state index contributed by atoms with van der Waals surface area (Å²) in [5.74, 6) is 0.764. The lowest BCUT2D eigenvalue weighted by molar-refractivity contribution is 0.241. The van der Waals surface area contributed by atoms with Gasteiger partial charge in [-0.1, -0.05) is 29.8 Å². The highest BCUT2D eigenvalue weighted by Gasteiger charge is 2.21. The molecule has 0 fully saturated rings. The molecule has 0 atom stereocenters. The maximum Gasteiger partial charge on any atom is 0.159 e.